The second-order valence-corrected chi connectivity index (χ2v) is 7.59. The zero-order chi connectivity index (χ0) is 15.3. The highest BCUT2D eigenvalue weighted by atomic mass is 32.2. The molecule has 120 valence electrons. The summed E-state index contributed by atoms with van der Waals surface area (Å²) < 4.78 is 33.9. The summed E-state index contributed by atoms with van der Waals surface area (Å²) in [6, 6.07) is 3.93. The Morgan fingerprint density at radius 3 is 2.95 bits per heavy atom. The number of nitrogens with one attached hydrogen (secondary N) is 2. The molecule has 1 aromatic rings. The fourth-order valence-electron chi connectivity index (χ4n) is 2.48. The lowest BCUT2D eigenvalue weighted by molar-refractivity contribution is 0.254. The molecule has 1 saturated heterocycles. The van der Waals surface area contributed by atoms with Crippen LogP contribution in [0.15, 0.2) is 22.8 Å². The van der Waals surface area contributed by atoms with E-state index in [0.29, 0.717) is 30.8 Å². The molecule has 1 aliphatic heterocycles. The minimum atomic E-state index is -3.44. The van der Waals surface area contributed by atoms with Crippen molar-refractivity contribution in [3.8, 4) is 0 Å². The predicted molar refractivity (Wildman–Crippen MR) is 81.9 cm³/mol. The summed E-state index contributed by atoms with van der Waals surface area (Å²) in [7, 11) is -3.44. The number of hydrogen-bond acceptors (Lipinski definition) is 4. The maximum atomic E-state index is 12.3. The van der Waals surface area contributed by atoms with Crippen LogP contribution in [-0.4, -0.2) is 38.4 Å². The van der Waals surface area contributed by atoms with E-state index >= 15 is 0 Å². The van der Waals surface area contributed by atoms with Gasteiger partial charge in [-0.25, -0.2) is 0 Å². The molecule has 21 heavy (non-hydrogen) atoms. The summed E-state index contributed by atoms with van der Waals surface area (Å²) in [4.78, 5) is 0. The Labute approximate surface area is 127 Å². The van der Waals surface area contributed by atoms with Crippen LogP contribution in [0, 0.1) is 5.92 Å². The largest absolute Gasteiger partial charge is 0.468 e. The Hall–Kier alpha value is -0.890. The molecule has 0 aliphatic carbocycles. The summed E-state index contributed by atoms with van der Waals surface area (Å²) >= 11 is 0. The van der Waals surface area contributed by atoms with Crippen LogP contribution in [0.1, 0.15) is 32.4 Å². The number of furan rings is 1. The highest BCUT2D eigenvalue weighted by Crippen LogP contribution is 2.18. The summed E-state index contributed by atoms with van der Waals surface area (Å²) in [6.07, 6.45) is 3.52. The maximum absolute atomic E-state index is 12.3. The standard InChI is InChI=1S/C14H25N3O3S/c1-12(2)15-9-13-5-3-7-17(11-13)21(18,19)16-10-14-6-4-8-20-14/h4,6,8,12-13,15-16H,3,5,7,9-11H2,1-2H3. The Morgan fingerprint density at radius 1 is 1.48 bits per heavy atom. The van der Waals surface area contributed by atoms with E-state index in [2.05, 4.69) is 23.9 Å². The van der Waals surface area contributed by atoms with E-state index in [1.54, 1.807) is 16.4 Å². The molecule has 0 amide bonds. The zero-order valence-corrected chi connectivity index (χ0v) is 13.5. The molecule has 0 saturated carbocycles. The van der Waals surface area contributed by atoms with Crippen LogP contribution in [0.3, 0.4) is 0 Å². The third-order valence-electron chi connectivity index (χ3n) is 3.65. The van der Waals surface area contributed by atoms with Gasteiger partial charge in [0.1, 0.15) is 5.76 Å². The van der Waals surface area contributed by atoms with Gasteiger partial charge in [0, 0.05) is 19.1 Å². The summed E-state index contributed by atoms with van der Waals surface area (Å²) in [5.74, 6) is 0.995. The van der Waals surface area contributed by atoms with Gasteiger partial charge in [-0.3, -0.25) is 0 Å². The van der Waals surface area contributed by atoms with Crippen molar-refractivity contribution in [3.63, 3.8) is 0 Å². The Balaban J connectivity index is 1.86. The van der Waals surface area contributed by atoms with Gasteiger partial charge in [0.25, 0.3) is 10.2 Å². The van der Waals surface area contributed by atoms with Gasteiger partial charge in [0.15, 0.2) is 0 Å². The van der Waals surface area contributed by atoms with E-state index in [4.69, 9.17) is 4.42 Å². The van der Waals surface area contributed by atoms with E-state index in [-0.39, 0.29) is 6.54 Å². The van der Waals surface area contributed by atoms with E-state index in [0.717, 1.165) is 19.4 Å². The molecular weight excluding hydrogens is 290 g/mol. The lowest BCUT2D eigenvalue weighted by Crippen LogP contribution is -2.47. The van der Waals surface area contributed by atoms with Gasteiger partial charge in [-0.15, -0.1) is 0 Å². The van der Waals surface area contributed by atoms with Gasteiger partial charge in [0.05, 0.1) is 12.8 Å². The Bertz CT molecular complexity index is 514. The van der Waals surface area contributed by atoms with Gasteiger partial charge < -0.3 is 9.73 Å². The minimum absolute atomic E-state index is 0.195. The topological polar surface area (TPSA) is 74.6 Å². The molecular formula is C14H25N3O3S. The minimum Gasteiger partial charge on any atom is -0.468 e. The Kier molecular flexibility index (Phi) is 5.80. The third-order valence-corrected chi connectivity index (χ3v) is 5.17. The molecule has 0 bridgehead atoms. The van der Waals surface area contributed by atoms with Gasteiger partial charge in [-0.05, 0) is 37.4 Å². The van der Waals surface area contributed by atoms with Crippen molar-refractivity contribution in [3.05, 3.63) is 24.2 Å². The number of nitrogens with zero attached hydrogens (tertiary/aromatic N) is 1. The molecule has 1 aliphatic rings. The van der Waals surface area contributed by atoms with E-state index in [9.17, 15) is 8.42 Å². The van der Waals surface area contributed by atoms with Crippen molar-refractivity contribution >= 4 is 10.2 Å². The normalized spacial score (nSPS) is 21.0. The molecule has 6 nitrogen and oxygen atoms in total. The molecule has 1 unspecified atom stereocenters. The predicted octanol–water partition coefficient (Wildman–Crippen LogP) is 1.32. The first-order valence-corrected chi connectivity index (χ1v) is 8.92. The summed E-state index contributed by atoms with van der Waals surface area (Å²) in [5, 5.41) is 3.38. The first kappa shape index (κ1) is 16.5. The second kappa shape index (κ2) is 7.40. The van der Waals surface area contributed by atoms with Crippen LogP contribution in [0.2, 0.25) is 0 Å². The number of piperidine rings is 1. The number of rotatable bonds is 7. The van der Waals surface area contributed by atoms with E-state index < -0.39 is 10.2 Å². The quantitative estimate of drug-likeness (QED) is 0.796. The second-order valence-electron chi connectivity index (χ2n) is 5.83. The summed E-state index contributed by atoms with van der Waals surface area (Å²) in [6.45, 7) is 6.42. The highest BCUT2D eigenvalue weighted by molar-refractivity contribution is 7.87. The van der Waals surface area contributed by atoms with Crippen molar-refractivity contribution < 1.29 is 12.8 Å². The van der Waals surface area contributed by atoms with E-state index in [1.807, 2.05) is 0 Å². The fraction of sp³-hybridized carbons (Fsp3) is 0.714. The van der Waals surface area contributed by atoms with Crippen LogP contribution < -0.4 is 10.0 Å². The third kappa shape index (κ3) is 5.10. The molecule has 0 aromatic carbocycles. The van der Waals surface area contributed by atoms with Gasteiger partial charge >= 0.3 is 0 Å². The zero-order valence-electron chi connectivity index (χ0n) is 12.7. The molecule has 2 heterocycles. The molecule has 1 fully saturated rings. The van der Waals surface area contributed by atoms with Crippen molar-refractivity contribution in [1.29, 1.82) is 0 Å². The Morgan fingerprint density at radius 2 is 2.29 bits per heavy atom. The average molecular weight is 315 g/mol. The van der Waals surface area contributed by atoms with Gasteiger partial charge in [-0.2, -0.15) is 17.4 Å². The number of hydrogen-bond donors (Lipinski definition) is 2. The SMILES string of the molecule is CC(C)NCC1CCCN(S(=O)(=O)NCc2ccco2)C1. The van der Waals surface area contributed by atoms with Crippen molar-refractivity contribution in [2.45, 2.75) is 39.3 Å². The van der Waals surface area contributed by atoms with Crippen LogP contribution in [0.5, 0.6) is 0 Å². The molecule has 1 aromatic heterocycles. The van der Waals surface area contributed by atoms with Crippen LogP contribution >= 0.6 is 0 Å². The van der Waals surface area contributed by atoms with Crippen LogP contribution in [0.25, 0.3) is 0 Å². The highest BCUT2D eigenvalue weighted by Gasteiger charge is 2.28. The smallest absolute Gasteiger partial charge is 0.279 e. The van der Waals surface area contributed by atoms with Crippen LogP contribution in [-0.2, 0) is 16.8 Å². The first-order chi connectivity index (χ1) is 9.97. The molecule has 2 N–H and O–H groups in total. The van der Waals surface area contributed by atoms with Gasteiger partial charge in [0.2, 0.25) is 0 Å². The molecule has 0 radical (unpaired) electrons. The fourth-order valence-corrected chi connectivity index (χ4v) is 3.76. The molecule has 2 rings (SSSR count). The lowest BCUT2D eigenvalue weighted by Gasteiger charge is -2.32. The van der Waals surface area contributed by atoms with Crippen molar-refractivity contribution in [1.82, 2.24) is 14.3 Å². The lowest BCUT2D eigenvalue weighted by atomic mass is 9.99. The maximum Gasteiger partial charge on any atom is 0.279 e. The van der Waals surface area contributed by atoms with Crippen LogP contribution in [0.4, 0.5) is 0 Å². The molecule has 1 atom stereocenters. The first-order valence-electron chi connectivity index (χ1n) is 7.48. The molecule has 7 heteroatoms. The van der Waals surface area contributed by atoms with Crippen molar-refractivity contribution in [2.75, 3.05) is 19.6 Å². The summed E-state index contributed by atoms with van der Waals surface area (Å²) in [5.41, 5.74) is 0. The average Bonchev–Trinajstić information content (AvgIpc) is 2.97. The van der Waals surface area contributed by atoms with Crippen molar-refractivity contribution in [2.24, 2.45) is 5.92 Å². The van der Waals surface area contributed by atoms with E-state index in [1.165, 1.54) is 6.26 Å². The molecule has 0 spiro atoms. The van der Waals surface area contributed by atoms with Gasteiger partial charge in [-0.1, -0.05) is 13.8 Å². The monoisotopic (exact) mass is 315 g/mol.